The number of rotatable bonds is 10. The normalized spacial score (nSPS) is 24.7. The van der Waals surface area contributed by atoms with Crippen molar-refractivity contribution in [1.29, 1.82) is 0 Å². The lowest BCUT2D eigenvalue weighted by atomic mass is 9.82. The molecule has 0 bridgehead atoms. The molecule has 206 valence electrons. The van der Waals surface area contributed by atoms with Crippen LogP contribution in [0.2, 0.25) is 18.6 Å². The third-order valence-electron chi connectivity index (χ3n) is 8.45. The molecule has 0 unspecified atom stereocenters. The average molecular weight is 652 g/mol. The standard InChI is InChI=1S/C29H38INO6Si/c1-19-27(38(4,5)22-12-10-21(35-2)11-13-22)25(15-17-32)37-29(19)23-18-20(30)9-14-24(23)31(28(29)34)16-7-6-8-26(33)36-3/h9-14,18-19,25,27,32H,6-8,15-17H2,1-5H3/t19-,25+,27-,29+/m1/s1. The minimum atomic E-state index is -2.19. The van der Waals surface area contributed by atoms with Gasteiger partial charge in [0.05, 0.1) is 34.1 Å². The SMILES string of the molecule is COC(=O)CCCCN1C(=O)[C@@]2(O[C@@H](CCO)[C@H]([Si](C)(C)c3ccc(OC)cc3)[C@H]2C)c2cc(I)ccc21. The Balaban J connectivity index is 1.72. The molecule has 4 atom stereocenters. The Morgan fingerprint density at radius 1 is 1.16 bits per heavy atom. The molecule has 1 saturated heterocycles. The zero-order chi connectivity index (χ0) is 27.7. The van der Waals surface area contributed by atoms with Crippen LogP contribution in [0.15, 0.2) is 42.5 Å². The quantitative estimate of drug-likeness (QED) is 0.175. The predicted octanol–water partition coefficient (Wildman–Crippen LogP) is 4.59. The van der Waals surface area contributed by atoms with Crippen molar-refractivity contribution in [1.82, 2.24) is 0 Å². The molecule has 2 heterocycles. The van der Waals surface area contributed by atoms with E-state index in [9.17, 15) is 14.7 Å². The van der Waals surface area contributed by atoms with Gasteiger partial charge in [0.1, 0.15) is 5.75 Å². The summed E-state index contributed by atoms with van der Waals surface area (Å²) in [6.07, 6.45) is 1.90. The van der Waals surface area contributed by atoms with E-state index in [2.05, 4.69) is 60.8 Å². The maximum absolute atomic E-state index is 14.4. The third kappa shape index (κ3) is 5.02. The fourth-order valence-electron chi connectivity index (χ4n) is 6.55. The Bertz CT molecular complexity index is 1170. The highest BCUT2D eigenvalue weighted by molar-refractivity contribution is 14.1. The first-order chi connectivity index (χ1) is 18.1. The number of methoxy groups -OCH3 is 2. The number of aliphatic hydroxyl groups is 1. The van der Waals surface area contributed by atoms with E-state index in [1.807, 2.05) is 29.2 Å². The molecule has 1 fully saturated rings. The van der Waals surface area contributed by atoms with Crippen molar-refractivity contribution in [2.24, 2.45) is 5.92 Å². The topological polar surface area (TPSA) is 85.3 Å². The van der Waals surface area contributed by atoms with Gasteiger partial charge in [0.2, 0.25) is 0 Å². The lowest BCUT2D eigenvalue weighted by molar-refractivity contribution is -0.146. The van der Waals surface area contributed by atoms with Gasteiger partial charge in [-0.25, -0.2) is 0 Å². The Labute approximate surface area is 240 Å². The Hall–Kier alpha value is -1.95. The second-order valence-corrected chi connectivity index (χ2v) is 16.8. The molecular formula is C29H38INO6Si. The van der Waals surface area contributed by atoms with Crippen LogP contribution in [-0.2, 0) is 24.7 Å². The molecule has 2 aromatic carbocycles. The molecule has 0 saturated carbocycles. The van der Waals surface area contributed by atoms with Crippen LogP contribution < -0.4 is 14.8 Å². The summed E-state index contributed by atoms with van der Waals surface area (Å²) < 4.78 is 18.1. The van der Waals surface area contributed by atoms with Crippen molar-refractivity contribution in [3.05, 3.63) is 51.6 Å². The maximum Gasteiger partial charge on any atom is 0.305 e. The number of hydrogen-bond donors (Lipinski definition) is 1. The van der Waals surface area contributed by atoms with Crippen LogP contribution in [-0.4, -0.2) is 58.5 Å². The summed E-state index contributed by atoms with van der Waals surface area (Å²) in [5.74, 6) is 0.449. The van der Waals surface area contributed by atoms with Gasteiger partial charge in [-0.2, -0.15) is 0 Å². The first-order valence-corrected chi connectivity index (χ1v) is 17.4. The van der Waals surface area contributed by atoms with E-state index in [0.717, 1.165) is 20.6 Å². The van der Waals surface area contributed by atoms with Crippen LogP contribution in [0, 0.1) is 9.49 Å². The molecule has 2 aliphatic rings. The minimum absolute atomic E-state index is 0.00166. The Morgan fingerprint density at radius 3 is 2.50 bits per heavy atom. The molecule has 38 heavy (non-hydrogen) atoms. The van der Waals surface area contributed by atoms with Gasteiger partial charge in [-0.1, -0.05) is 37.3 Å². The van der Waals surface area contributed by atoms with Crippen LogP contribution in [0.4, 0.5) is 5.69 Å². The molecule has 9 heteroatoms. The number of halogens is 1. The number of benzene rings is 2. The highest BCUT2D eigenvalue weighted by Gasteiger charge is 2.66. The van der Waals surface area contributed by atoms with Crippen molar-refractivity contribution in [3.63, 3.8) is 0 Å². The molecule has 0 radical (unpaired) electrons. The van der Waals surface area contributed by atoms with Crippen molar-refractivity contribution in [2.75, 3.05) is 32.3 Å². The van der Waals surface area contributed by atoms with Crippen LogP contribution in [0.3, 0.4) is 0 Å². The number of ether oxygens (including phenoxy) is 3. The second-order valence-electron chi connectivity index (χ2n) is 10.8. The molecular weight excluding hydrogens is 613 g/mol. The van der Waals surface area contributed by atoms with Crippen molar-refractivity contribution < 1.29 is 28.9 Å². The summed E-state index contributed by atoms with van der Waals surface area (Å²) in [7, 11) is 0.866. The zero-order valence-corrected chi connectivity index (χ0v) is 26.0. The molecule has 4 rings (SSSR count). The zero-order valence-electron chi connectivity index (χ0n) is 22.8. The summed E-state index contributed by atoms with van der Waals surface area (Å²) in [5.41, 5.74) is 0.810. The van der Waals surface area contributed by atoms with Gasteiger partial charge in [0, 0.05) is 34.6 Å². The lowest BCUT2D eigenvalue weighted by Gasteiger charge is -2.37. The van der Waals surface area contributed by atoms with E-state index < -0.39 is 13.7 Å². The van der Waals surface area contributed by atoms with Gasteiger partial charge in [0.25, 0.3) is 5.91 Å². The molecule has 7 nitrogen and oxygen atoms in total. The average Bonchev–Trinajstić information content (AvgIpc) is 3.33. The number of anilines is 1. The number of esters is 1. The highest BCUT2D eigenvalue weighted by atomic mass is 127. The number of nitrogens with zero attached hydrogens (tertiary/aromatic N) is 1. The molecule has 1 amide bonds. The van der Waals surface area contributed by atoms with Crippen LogP contribution >= 0.6 is 22.6 Å². The van der Waals surface area contributed by atoms with Gasteiger partial charge >= 0.3 is 5.97 Å². The molecule has 1 N–H and O–H groups in total. The van der Waals surface area contributed by atoms with Crippen LogP contribution in [0.1, 0.15) is 38.2 Å². The van der Waals surface area contributed by atoms with Gasteiger partial charge < -0.3 is 24.2 Å². The lowest BCUT2D eigenvalue weighted by Crippen LogP contribution is -2.52. The molecule has 1 spiro atoms. The van der Waals surface area contributed by atoms with Crippen LogP contribution in [0.5, 0.6) is 5.75 Å². The number of amides is 1. The maximum atomic E-state index is 14.4. The monoisotopic (exact) mass is 651 g/mol. The molecule has 0 aromatic heterocycles. The second kappa shape index (κ2) is 11.7. The van der Waals surface area contributed by atoms with Gasteiger partial charge in [-0.15, -0.1) is 0 Å². The van der Waals surface area contributed by atoms with E-state index >= 15 is 0 Å². The van der Waals surface area contributed by atoms with Crippen molar-refractivity contribution >= 4 is 53.4 Å². The fraction of sp³-hybridized carbons (Fsp3) is 0.517. The number of carbonyl (C=O) groups excluding carboxylic acids is 2. The van der Waals surface area contributed by atoms with Crippen molar-refractivity contribution in [3.8, 4) is 5.75 Å². The number of carbonyl (C=O) groups is 2. The number of aliphatic hydroxyl groups excluding tert-OH is 1. The Morgan fingerprint density at radius 2 is 1.87 bits per heavy atom. The van der Waals surface area contributed by atoms with E-state index in [1.54, 1.807) is 7.11 Å². The van der Waals surface area contributed by atoms with Gasteiger partial charge in [-0.3, -0.25) is 9.59 Å². The third-order valence-corrected chi connectivity index (χ3v) is 13.5. The molecule has 2 aliphatic heterocycles. The van der Waals surface area contributed by atoms with E-state index in [0.29, 0.717) is 32.2 Å². The largest absolute Gasteiger partial charge is 0.497 e. The van der Waals surface area contributed by atoms with Gasteiger partial charge in [-0.05, 0) is 77.7 Å². The van der Waals surface area contributed by atoms with E-state index in [4.69, 9.17) is 14.2 Å². The van der Waals surface area contributed by atoms with Gasteiger partial charge in [0.15, 0.2) is 5.60 Å². The number of hydrogen-bond acceptors (Lipinski definition) is 6. The summed E-state index contributed by atoms with van der Waals surface area (Å²) >= 11 is 2.29. The highest BCUT2D eigenvalue weighted by Crippen LogP contribution is 2.60. The van der Waals surface area contributed by atoms with E-state index in [-0.39, 0.29) is 36.0 Å². The van der Waals surface area contributed by atoms with E-state index in [1.165, 1.54) is 12.3 Å². The first kappa shape index (κ1) is 29.0. The number of unbranched alkanes of at least 4 members (excludes halogenated alkanes) is 1. The number of fused-ring (bicyclic) bond motifs is 2. The summed E-state index contributed by atoms with van der Waals surface area (Å²) in [6.45, 7) is 7.34. The van der Waals surface area contributed by atoms with Crippen molar-refractivity contribution in [2.45, 2.75) is 62.9 Å². The smallest absolute Gasteiger partial charge is 0.305 e. The molecule has 2 aromatic rings. The predicted molar refractivity (Wildman–Crippen MR) is 159 cm³/mol. The fourth-order valence-corrected chi connectivity index (χ4v) is 11.1. The summed E-state index contributed by atoms with van der Waals surface area (Å²) in [5, 5.41) is 11.3. The minimum Gasteiger partial charge on any atom is -0.497 e. The molecule has 0 aliphatic carbocycles. The summed E-state index contributed by atoms with van der Waals surface area (Å²) in [4.78, 5) is 27.8. The summed E-state index contributed by atoms with van der Waals surface area (Å²) in [6, 6.07) is 14.4. The first-order valence-electron chi connectivity index (χ1n) is 13.2. The van der Waals surface area contributed by atoms with Crippen LogP contribution in [0.25, 0.3) is 0 Å². The Kier molecular flexibility index (Phi) is 8.90.